The number of anilines is 1. The van der Waals surface area contributed by atoms with Gasteiger partial charge in [0.2, 0.25) is 0 Å². The van der Waals surface area contributed by atoms with Crippen LogP contribution in [0.15, 0.2) is 30.0 Å². The Morgan fingerprint density at radius 1 is 1.30 bits per heavy atom. The molecule has 158 valence electrons. The van der Waals surface area contributed by atoms with Crippen molar-refractivity contribution in [3.8, 4) is 10.4 Å². The summed E-state index contributed by atoms with van der Waals surface area (Å²) in [5.74, 6) is -0.595. The molecule has 0 fully saturated rings. The SMILES string of the molecule is [C-]#[N+]/C(=C\c1cc2c(s1)-c1ccc(N(C)CCO)cc1C2(C)C)C(=O)OC(C)(C)C. The van der Waals surface area contributed by atoms with E-state index in [0.29, 0.717) is 6.54 Å². The van der Waals surface area contributed by atoms with Crippen LogP contribution in [0.3, 0.4) is 0 Å². The Labute approximate surface area is 182 Å². The van der Waals surface area contributed by atoms with Gasteiger partial charge in [-0.25, -0.2) is 4.85 Å². The predicted octanol–water partition coefficient (Wildman–Crippen LogP) is 5.08. The van der Waals surface area contributed by atoms with Crippen molar-refractivity contribution in [3.05, 3.63) is 57.4 Å². The van der Waals surface area contributed by atoms with Crippen molar-refractivity contribution in [3.63, 3.8) is 0 Å². The van der Waals surface area contributed by atoms with Gasteiger partial charge >= 0.3 is 5.97 Å². The van der Waals surface area contributed by atoms with Crippen LogP contribution in [0.1, 0.15) is 50.6 Å². The maximum absolute atomic E-state index is 12.3. The van der Waals surface area contributed by atoms with Crippen molar-refractivity contribution in [2.24, 2.45) is 0 Å². The first-order valence-electron chi connectivity index (χ1n) is 9.91. The number of hydrogen-bond acceptors (Lipinski definition) is 5. The lowest BCUT2D eigenvalue weighted by Gasteiger charge is -2.24. The minimum Gasteiger partial charge on any atom is -0.465 e. The highest BCUT2D eigenvalue weighted by molar-refractivity contribution is 7.16. The summed E-state index contributed by atoms with van der Waals surface area (Å²) in [6.07, 6.45) is 1.63. The van der Waals surface area contributed by atoms with Crippen LogP contribution in [0.5, 0.6) is 0 Å². The van der Waals surface area contributed by atoms with Gasteiger partial charge in [-0.1, -0.05) is 19.9 Å². The van der Waals surface area contributed by atoms with Crippen LogP contribution in [0.25, 0.3) is 21.4 Å². The van der Waals surface area contributed by atoms with Gasteiger partial charge in [-0.3, -0.25) is 4.79 Å². The zero-order valence-electron chi connectivity index (χ0n) is 18.4. The summed E-state index contributed by atoms with van der Waals surface area (Å²) in [5.41, 5.74) is 3.87. The molecule has 0 aliphatic heterocycles. The van der Waals surface area contributed by atoms with E-state index in [0.717, 1.165) is 10.6 Å². The first kappa shape index (κ1) is 22.1. The highest BCUT2D eigenvalue weighted by Gasteiger charge is 2.37. The van der Waals surface area contributed by atoms with Gasteiger partial charge < -0.3 is 14.7 Å². The van der Waals surface area contributed by atoms with Crippen LogP contribution in [0.4, 0.5) is 5.69 Å². The van der Waals surface area contributed by atoms with E-state index in [4.69, 9.17) is 11.3 Å². The smallest absolute Gasteiger partial charge is 0.336 e. The van der Waals surface area contributed by atoms with Gasteiger partial charge in [-0.15, -0.1) is 11.3 Å². The second kappa shape index (κ2) is 7.90. The normalized spacial score (nSPS) is 14.7. The Bertz CT molecular complexity index is 1050. The number of aliphatic hydroxyl groups is 1. The molecule has 5 nitrogen and oxygen atoms in total. The standard InChI is InChI=1S/C24H28N2O3S/c1-23(2,3)29-22(28)20(25-6)14-16-13-19-21(30-16)17-9-8-15(26(7)10-11-27)12-18(17)24(19,4)5/h8-9,12-14,27H,10-11H2,1-5,7H3/b20-14-. The average molecular weight is 425 g/mol. The number of hydrogen-bond donors (Lipinski definition) is 1. The molecule has 0 saturated heterocycles. The third-order valence-electron chi connectivity index (χ3n) is 5.23. The minimum absolute atomic E-state index is 0.0103. The summed E-state index contributed by atoms with van der Waals surface area (Å²) in [7, 11) is 1.97. The van der Waals surface area contributed by atoms with Crippen molar-refractivity contribution in [2.45, 2.75) is 45.6 Å². The van der Waals surface area contributed by atoms with Gasteiger partial charge in [0.1, 0.15) is 5.60 Å². The average Bonchev–Trinajstić information content (AvgIpc) is 3.16. The zero-order chi connectivity index (χ0) is 22.3. The van der Waals surface area contributed by atoms with Gasteiger partial charge in [0.15, 0.2) is 0 Å². The molecule has 0 atom stereocenters. The topological polar surface area (TPSA) is 54.1 Å². The van der Waals surface area contributed by atoms with Crippen LogP contribution in [0.2, 0.25) is 0 Å². The van der Waals surface area contributed by atoms with E-state index in [1.165, 1.54) is 21.6 Å². The van der Waals surface area contributed by atoms with Gasteiger partial charge in [0.05, 0.1) is 13.2 Å². The van der Waals surface area contributed by atoms with Gasteiger partial charge in [-0.2, -0.15) is 0 Å². The number of benzene rings is 1. The van der Waals surface area contributed by atoms with E-state index in [1.54, 1.807) is 38.2 Å². The largest absolute Gasteiger partial charge is 0.465 e. The third-order valence-corrected chi connectivity index (χ3v) is 6.34. The van der Waals surface area contributed by atoms with Crippen LogP contribution in [-0.4, -0.2) is 36.9 Å². The number of carbonyl (C=O) groups excluding carboxylic acids is 1. The quantitative estimate of drug-likeness (QED) is 0.413. The second-order valence-corrected chi connectivity index (χ2v) is 10.1. The molecule has 1 aromatic carbocycles. The molecule has 0 amide bonds. The predicted molar refractivity (Wildman–Crippen MR) is 123 cm³/mol. The van der Waals surface area contributed by atoms with Crippen molar-refractivity contribution >= 4 is 29.1 Å². The van der Waals surface area contributed by atoms with Crippen LogP contribution < -0.4 is 4.90 Å². The number of nitrogens with zero attached hydrogens (tertiary/aromatic N) is 2. The summed E-state index contributed by atoms with van der Waals surface area (Å²) in [6, 6.07) is 8.46. The Kier molecular flexibility index (Phi) is 5.81. The fourth-order valence-electron chi connectivity index (χ4n) is 3.66. The van der Waals surface area contributed by atoms with Crippen molar-refractivity contribution in [2.75, 3.05) is 25.1 Å². The molecule has 0 bridgehead atoms. The molecular weight excluding hydrogens is 396 g/mol. The van der Waals surface area contributed by atoms with Crippen molar-refractivity contribution in [1.82, 2.24) is 0 Å². The number of aliphatic hydroxyl groups excluding tert-OH is 1. The molecule has 0 saturated carbocycles. The highest BCUT2D eigenvalue weighted by Crippen LogP contribution is 2.53. The molecule has 1 aliphatic rings. The Hall–Kier alpha value is -2.62. The van der Waals surface area contributed by atoms with Crippen molar-refractivity contribution < 1.29 is 14.6 Å². The molecule has 0 unspecified atom stereocenters. The molecule has 0 spiro atoms. The lowest BCUT2D eigenvalue weighted by atomic mass is 9.82. The minimum atomic E-state index is -0.639. The van der Waals surface area contributed by atoms with E-state index in [2.05, 4.69) is 43.0 Å². The van der Waals surface area contributed by atoms with E-state index >= 15 is 0 Å². The van der Waals surface area contributed by atoms with Crippen molar-refractivity contribution in [1.29, 1.82) is 0 Å². The fraction of sp³-hybridized carbons (Fsp3) is 0.417. The summed E-state index contributed by atoms with van der Waals surface area (Å²) in [6.45, 7) is 17.8. The maximum Gasteiger partial charge on any atom is 0.336 e. The summed E-state index contributed by atoms with van der Waals surface area (Å²) in [4.78, 5) is 19.8. The number of rotatable bonds is 5. The van der Waals surface area contributed by atoms with E-state index in [1.807, 2.05) is 11.9 Å². The summed E-state index contributed by atoms with van der Waals surface area (Å²) < 4.78 is 5.35. The lowest BCUT2D eigenvalue weighted by Crippen LogP contribution is -2.24. The first-order chi connectivity index (χ1) is 14.0. The molecule has 1 N–H and O–H groups in total. The lowest BCUT2D eigenvalue weighted by molar-refractivity contribution is -0.149. The number of ether oxygens (including phenoxy) is 1. The highest BCUT2D eigenvalue weighted by atomic mass is 32.1. The second-order valence-electron chi connectivity index (χ2n) is 9.03. The number of fused-ring (bicyclic) bond motifs is 3. The number of carbonyl (C=O) groups is 1. The zero-order valence-corrected chi connectivity index (χ0v) is 19.2. The van der Waals surface area contributed by atoms with Gasteiger partial charge in [-0.05, 0) is 61.7 Å². The van der Waals surface area contributed by atoms with E-state index in [-0.39, 0.29) is 17.7 Å². The molecule has 1 aliphatic carbocycles. The number of esters is 1. The van der Waals surface area contributed by atoms with E-state index < -0.39 is 11.6 Å². The molecule has 30 heavy (non-hydrogen) atoms. The molecule has 6 heteroatoms. The molecule has 3 rings (SSSR count). The molecule has 2 aromatic rings. The fourth-order valence-corrected chi connectivity index (χ4v) is 4.95. The maximum atomic E-state index is 12.3. The summed E-state index contributed by atoms with van der Waals surface area (Å²) in [5, 5.41) is 9.23. The third kappa shape index (κ3) is 4.14. The molecule has 1 heterocycles. The van der Waals surface area contributed by atoms with Crippen LogP contribution >= 0.6 is 11.3 Å². The van der Waals surface area contributed by atoms with Gasteiger partial charge in [0, 0.05) is 34.4 Å². The van der Waals surface area contributed by atoms with E-state index in [9.17, 15) is 9.90 Å². The van der Waals surface area contributed by atoms with Crippen LogP contribution in [-0.2, 0) is 14.9 Å². The molecular formula is C24H28N2O3S. The Morgan fingerprint density at radius 3 is 2.60 bits per heavy atom. The molecule has 0 radical (unpaired) electrons. The first-order valence-corrected chi connectivity index (χ1v) is 10.7. The Balaban J connectivity index is 1.98. The monoisotopic (exact) mass is 424 g/mol. The Morgan fingerprint density at radius 2 is 2.00 bits per heavy atom. The number of thiophene rings is 1. The number of likely N-dealkylation sites (N-methyl/N-ethyl adjacent to an activating group) is 1. The summed E-state index contributed by atoms with van der Waals surface area (Å²) >= 11 is 1.59. The molecule has 1 aromatic heterocycles. The van der Waals surface area contributed by atoms with Gasteiger partial charge in [0.25, 0.3) is 5.70 Å². The van der Waals surface area contributed by atoms with Crippen LogP contribution in [0, 0.1) is 6.57 Å².